The molecule has 1 amide bonds. The highest BCUT2D eigenvalue weighted by Crippen LogP contribution is 2.43. The summed E-state index contributed by atoms with van der Waals surface area (Å²) in [6.07, 6.45) is 2.08. The van der Waals surface area contributed by atoms with Crippen molar-refractivity contribution in [2.45, 2.75) is 52.7 Å². The number of fused-ring (bicyclic) bond motifs is 2. The van der Waals surface area contributed by atoms with E-state index in [9.17, 15) is 22.8 Å². The molecular formula is C27H26F3NO4. The number of nitrogens with zero attached hydrogens (tertiary/aromatic N) is 1. The summed E-state index contributed by atoms with van der Waals surface area (Å²) >= 11 is 0. The molecule has 4 rings (SSSR count). The summed E-state index contributed by atoms with van der Waals surface area (Å²) in [6.45, 7) is 0.796. The van der Waals surface area contributed by atoms with E-state index in [0.29, 0.717) is 28.3 Å². The van der Waals surface area contributed by atoms with Crippen molar-refractivity contribution in [2.24, 2.45) is 0 Å². The number of amides is 1. The maximum Gasteiger partial charge on any atom is 0.387 e. The van der Waals surface area contributed by atoms with Crippen LogP contribution in [0.15, 0.2) is 42.5 Å². The fourth-order valence-electron chi connectivity index (χ4n) is 4.57. The van der Waals surface area contributed by atoms with E-state index in [1.807, 2.05) is 6.92 Å². The van der Waals surface area contributed by atoms with Crippen molar-refractivity contribution in [3.8, 4) is 5.75 Å². The van der Waals surface area contributed by atoms with Gasteiger partial charge in [0.05, 0.1) is 25.1 Å². The first kappa shape index (κ1) is 24.6. The van der Waals surface area contributed by atoms with Crippen LogP contribution in [0.5, 0.6) is 5.75 Å². The summed E-state index contributed by atoms with van der Waals surface area (Å²) < 4.78 is 51.4. The number of hydrogen-bond acceptors (Lipinski definition) is 4. The molecule has 0 saturated carbocycles. The van der Waals surface area contributed by atoms with Crippen LogP contribution in [0.4, 0.5) is 18.9 Å². The van der Waals surface area contributed by atoms with E-state index >= 15 is 0 Å². The lowest BCUT2D eigenvalue weighted by atomic mass is 9.91. The Kier molecular flexibility index (Phi) is 7.28. The smallest absolute Gasteiger partial charge is 0.387 e. The lowest BCUT2D eigenvalue weighted by Crippen LogP contribution is -2.24. The molecule has 0 fully saturated rings. The van der Waals surface area contributed by atoms with E-state index in [2.05, 4.69) is 0 Å². The maximum atomic E-state index is 14.8. The number of alkyl halides is 2. The van der Waals surface area contributed by atoms with Crippen molar-refractivity contribution in [1.82, 2.24) is 0 Å². The molecule has 184 valence electrons. The predicted octanol–water partition coefficient (Wildman–Crippen LogP) is 6.19. The van der Waals surface area contributed by atoms with Gasteiger partial charge in [0.15, 0.2) is 0 Å². The standard InChI is InChI=1S/C27H26F3NO4/c1-3-5-8-19-18-9-6-7-10-20(18)25(35-27(29)30)21-15-31(26(33)24(19)21)17-12-11-16(22(28)14-17)13-23(32)34-4-2/h6-7,9-12,14,27H,3-5,8,13,15H2,1-2H3. The van der Waals surface area contributed by atoms with Crippen LogP contribution < -0.4 is 9.64 Å². The van der Waals surface area contributed by atoms with Gasteiger partial charge in [0.2, 0.25) is 0 Å². The third kappa shape index (κ3) is 4.83. The molecule has 1 heterocycles. The zero-order valence-electron chi connectivity index (χ0n) is 19.6. The second kappa shape index (κ2) is 10.4. The van der Waals surface area contributed by atoms with Gasteiger partial charge in [-0.3, -0.25) is 9.59 Å². The Morgan fingerprint density at radius 2 is 1.86 bits per heavy atom. The summed E-state index contributed by atoms with van der Waals surface area (Å²) in [4.78, 5) is 26.7. The number of ether oxygens (including phenoxy) is 2. The van der Waals surface area contributed by atoms with Crippen molar-refractivity contribution in [2.75, 3.05) is 11.5 Å². The average Bonchev–Trinajstić information content (AvgIpc) is 3.17. The molecule has 5 nitrogen and oxygen atoms in total. The van der Waals surface area contributed by atoms with Gasteiger partial charge in [0.25, 0.3) is 5.91 Å². The fourth-order valence-corrected chi connectivity index (χ4v) is 4.57. The van der Waals surface area contributed by atoms with Gasteiger partial charge in [0.1, 0.15) is 11.6 Å². The van der Waals surface area contributed by atoms with Crippen molar-refractivity contribution in [3.05, 3.63) is 70.5 Å². The van der Waals surface area contributed by atoms with E-state index in [0.717, 1.165) is 18.4 Å². The van der Waals surface area contributed by atoms with Gasteiger partial charge < -0.3 is 14.4 Å². The molecule has 3 aromatic rings. The zero-order valence-corrected chi connectivity index (χ0v) is 19.6. The van der Waals surface area contributed by atoms with Gasteiger partial charge in [-0.2, -0.15) is 8.78 Å². The molecular weight excluding hydrogens is 459 g/mol. The molecule has 0 unspecified atom stereocenters. The minimum Gasteiger partial charge on any atom is -0.466 e. The summed E-state index contributed by atoms with van der Waals surface area (Å²) in [7, 11) is 0. The second-order valence-electron chi connectivity index (χ2n) is 8.34. The first-order valence-electron chi connectivity index (χ1n) is 11.6. The van der Waals surface area contributed by atoms with Crippen LogP contribution in [0.2, 0.25) is 0 Å². The van der Waals surface area contributed by atoms with Crippen molar-refractivity contribution < 1.29 is 32.2 Å². The van der Waals surface area contributed by atoms with Gasteiger partial charge >= 0.3 is 12.6 Å². The normalized spacial score (nSPS) is 13.0. The fraction of sp³-hybridized carbons (Fsp3) is 0.333. The highest BCUT2D eigenvalue weighted by atomic mass is 19.3. The van der Waals surface area contributed by atoms with Gasteiger partial charge in [-0.25, -0.2) is 4.39 Å². The number of halogens is 3. The van der Waals surface area contributed by atoms with Gasteiger partial charge in [-0.05, 0) is 48.4 Å². The predicted molar refractivity (Wildman–Crippen MR) is 126 cm³/mol. The quantitative estimate of drug-likeness (QED) is 0.339. The Morgan fingerprint density at radius 3 is 2.51 bits per heavy atom. The van der Waals surface area contributed by atoms with E-state index in [1.165, 1.54) is 17.0 Å². The number of carbonyl (C=O) groups is 2. The molecule has 1 aliphatic heterocycles. The molecule has 35 heavy (non-hydrogen) atoms. The molecule has 0 spiro atoms. The van der Waals surface area contributed by atoms with E-state index in [4.69, 9.17) is 9.47 Å². The van der Waals surface area contributed by atoms with E-state index in [1.54, 1.807) is 37.3 Å². The monoisotopic (exact) mass is 485 g/mol. The molecule has 0 bridgehead atoms. The average molecular weight is 486 g/mol. The largest absolute Gasteiger partial charge is 0.466 e. The highest BCUT2D eigenvalue weighted by Gasteiger charge is 2.36. The van der Waals surface area contributed by atoms with Gasteiger partial charge in [-0.1, -0.05) is 43.7 Å². The molecule has 3 aromatic carbocycles. The minimum absolute atomic E-state index is 0.0268. The maximum absolute atomic E-state index is 14.8. The Bertz CT molecular complexity index is 1280. The van der Waals surface area contributed by atoms with Crippen LogP contribution in [0, 0.1) is 5.82 Å². The highest BCUT2D eigenvalue weighted by molar-refractivity contribution is 6.15. The Morgan fingerprint density at radius 1 is 1.11 bits per heavy atom. The number of aryl methyl sites for hydroxylation is 1. The third-order valence-electron chi connectivity index (χ3n) is 6.13. The van der Waals surface area contributed by atoms with Crippen LogP contribution in [-0.2, 0) is 28.9 Å². The summed E-state index contributed by atoms with van der Waals surface area (Å²) in [6, 6.07) is 11.2. The molecule has 0 N–H and O–H groups in total. The minimum atomic E-state index is -3.06. The summed E-state index contributed by atoms with van der Waals surface area (Å²) in [5, 5.41) is 1.21. The SMILES string of the molecule is CCCCc1c2c(c(OC(F)F)c3ccccc13)CN(c1ccc(CC(=O)OCC)c(F)c1)C2=O. The number of hydrogen-bond donors (Lipinski definition) is 0. The number of rotatable bonds is 9. The summed E-state index contributed by atoms with van der Waals surface area (Å²) in [5.74, 6) is -1.63. The van der Waals surface area contributed by atoms with Crippen LogP contribution in [0.1, 0.15) is 53.7 Å². The molecule has 0 aliphatic carbocycles. The lowest BCUT2D eigenvalue weighted by Gasteiger charge is -2.17. The van der Waals surface area contributed by atoms with E-state index in [-0.39, 0.29) is 36.6 Å². The Labute approximate surface area is 201 Å². The molecule has 0 atom stereocenters. The zero-order chi connectivity index (χ0) is 25.1. The second-order valence-corrected chi connectivity index (χ2v) is 8.34. The Hall–Kier alpha value is -3.55. The van der Waals surface area contributed by atoms with Crippen molar-refractivity contribution in [3.63, 3.8) is 0 Å². The molecule has 1 aliphatic rings. The van der Waals surface area contributed by atoms with E-state index < -0.39 is 24.3 Å². The molecule has 8 heteroatoms. The first-order chi connectivity index (χ1) is 16.8. The van der Waals surface area contributed by atoms with Crippen LogP contribution >= 0.6 is 0 Å². The number of carbonyl (C=O) groups excluding carboxylic acids is 2. The number of anilines is 1. The van der Waals surface area contributed by atoms with Crippen LogP contribution in [0.3, 0.4) is 0 Å². The number of unbranched alkanes of at least 4 members (excludes halogenated alkanes) is 1. The topological polar surface area (TPSA) is 55.8 Å². The first-order valence-corrected chi connectivity index (χ1v) is 11.6. The van der Waals surface area contributed by atoms with Crippen LogP contribution in [-0.4, -0.2) is 25.1 Å². The molecule has 0 saturated heterocycles. The third-order valence-corrected chi connectivity index (χ3v) is 6.13. The molecule has 0 radical (unpaired) electrons. The van der Waals surface area contributed by atoms with Crippen molar-refractivity contribution >= 4 is 28.3 Å². The van der Waals surface area contributed by atoms with Crippen LogP contribution in [0.25, 0.3) is 10.8 Å². The van der Waals surface area contributed by atoms with Crippen molar-refractivity contribution in [1.29, 1.82) is 0 Å². The summed E-state index contributed by atoms with van der Waals surface area (Å²) in [5.41, 5.74) is 1.91. The molecule has 0 aromatic heterocycles. The Balaban J connectivity index is 1.79. The number of esters is 1. The number of benzene rings is 3. The van der Waals surface area contributed by atoms with Gasteiger partial charge in [-0.15, -0.1) is 0 Å². The lowest BCUT2D eigenvalue weighted by molar-refractivity contribution is -0.142. The van der Waals surface area contributed by atoms with Gasteiger partial charge in [0, 0.05) is 16.6 Å².